The molecule has 0 heterocycles. The van der Waals surface area contributed by atoms with Crippen molar-refractivity contribution in [3.8, 4) is 11.5 Å². The molecule has 1 atom stereocenters. The van der Waals surface area contributed by atoms with Gasteiger partial charge in [-0.25, -0.2) is 0 Å². The van der Waals surface area contributed by atoms with Crippen molar-refractivity contribution < 1.29 is 24.5 Å². The minimum Gasteiger partial charge on any atom is -0.493 e. The van der Waals surface area contributed by atoms with Crippen LogP contribution >= 0.6 is 0 Å². The zero-order valence-electron chi connectivity index (χ0n) is 11.6. The molecule has 0 saturated carbocycles. The van der Waals surface area contributed by atoms with Crippen LogP contribution in [0.2, 0.25) is 0 Å². The Bertz CT molecular complexity index is 453. The molecule has 2 N–H and O–H groups in total. The lowest BCUT2D eigenvalue weighted by molar-refractivity contribution is -0.148. The van der Waals surface area contributed by atoms with Gasteiger partial charge >= 0.3 is 5.97 Å². The number of hydrogen-bond donors (Lipinski definition) is 2. The molecule has 5 heteroatoms. The summed E-state index contributed by atoms with van der Waals surface area (Å²) < 4.78 is 10.3. The van der Waals surface area contributed by atoms with Crippen molar-refractivity contribution in [3.05, 3.63) is 23.8 Å². The number of carboxylic acids is 1. The largest absolute Gasteiger partial charge is 0.493 e. The first-order chi connectivity index (χ1) is 8.81. The molecular weight excluding hydrogens is 248 g/mol. The highest BCUT2D eigenvalue weighted by Gasteiger charge is 2.30. The van der Waals surface area contributed by atoms with Crippen LogP contribution in [-0.4, -0.2) is 30.4 Å². The Balaban J connectivity index is 2.94. The monoisotopic (exact) mass is 268 g/mol. The maximum atomic E-state index is 11.1. The van der Waals surface area contributed by atoms with E-state index in [1.165, 1.54) is 14.2 Å². The predicted octanol–water partition coefficient (Wildman–Crippen LogP) is 2.24. The summed E-state index contributed by atoms with van der Waals surface area (Å²) in [7, 11) is 3.04. The average molecular weight is 268 g/mol. The number of carbonyl (C=O) groups is 1. The van der Waals surface area contributed by atoms with Gasteiger partial charge in [0.2, 0.25) is 0 Å². The molecule has 0 aliphatic rings. The molecule has 0 radical (unpaired) electrons. The summed E-state index contributed by atoms with van der Waals surface area (Å²) in [6.07, 6.45) is -0.747. The molecule has 1 aromatic rings. The van der Waals surface area contributed by atoms with E-state index in [0.717, 1.165) is 0 Å². The van der Waals surface area contributed by atoms with E-state index in [2.05, 4.69) is 0 Å². The topological polar surface area (TPSA) is 76.0 Å². The van der Waals surface area contributed by atoms with Crippen LogP contribution in [0.1, 0.15) is 31.9 Å². The Labute approximate surface area is 112 Å². The Morgan fingerprint density at radius 2 is 1.84 bits per heavy atom. The Morgan fingerprint density at radius 3 is 2.32 bits per heavy atom. The third-order valence-corrected chi connectivity index (χ3v) is 3.07. The van der Waals surface area contributed by atoms with Crippen molar-refractivity contribution in [2.45, 2.75) is 26.4 Å². The van der Waals surface area contributed by atoms with E-state index in [1.54, 1.807) is 32.0 Å². The Kier molecular flexibility index (Phi) is 4.78. The molecule has 0 spiro atoms. The first-order valence-corrected chi connectivity index (χ1v) is 5.95. The van der Waals surface area contributed by atoms with E-state index in [-0.39, 0.29) is 6.42 Å². The fourth-order valence-electron chi connectivity index (χ4n) is 1.75. The molecule has 5 nitrogen and oxygen atoms in total. The number of aliphatic hydroxyl groups excluding tert-OH is 1. The van der Waals surface area contributed by atoms with Crippen LogP contribution in [0.25, 0.3) is 0 Å². The van der Waals surface area contributed by atoms with E-state index >= 15 is 0 Å². The van der Waals surface area contributed by atoms with Crippen molar-refractivity contribution in [3.63, 3.8) is 0 Å². The number of hydrogen-bond acceptors (Lipinski definition) is 4. The summed E-state index contributed by atoms with van der Waals surface area (Å²) in [6, 6.07) is 5.04. The molecule has 0 saturated heterocycles. The van der Waals surface area contributed by atoms with Gasteiger partial charge in [0.05, 0.1) is 25.7 Å². The second kappa shape index (κ2) is 5.93. The summed E-state index contributed by atoms with van der Waals surface area (Å²) in [5.41, 5.74) is -0.390. The highest BCUT2D eigenvalue weighted by atomic mass is 16.5. The van der Waals surface area contributed by atoms with Gasteiger partial charge in [-0.3, -0.25) is 4.79 Å². The van der Waals surface area contributed by atoms with Crippen LogP contribution in [-0.2, 0) is 4.79 Å². The van der Waals surface area contributed by atoms with Gasteiger partial charge in [0.15, 0.2) is 11.5 Å². The van der Waals surface area contributed by atoms with Crippen molar-refractivity contribution >= 4 is 5.97 Å². The SMILES string of the molecule is COc1ccc(C(O)CC(C)(C)C(=O)O)cc1OC. The van der Waals surface area contributed by atoms with Gasteiger partial charge < -0.3 is 19.7 Å². The molecule has 106 valence electrons. The maximum Gasteiger partial charge on any atom is 0.309 e. The lowest BCUT2D eigenvalue weighted by Gasteiger charge is -2.23. The van der Waals surface area contributed by atoms with Crippen LogP contribution < -0.4 is 9.47 Å². The molecule has 0 amide bonds. The Hall–Kier alpha value is -1.75. The lowest BCUT2D eigenvalue weighted by Crippen LogP contribution is -2.26. The molecule has 1 aromatic carbocycles. The van der Waals surface area contributed by atoms with E-state index < -0.39 is 17.5 Å². The van der Waals surface area contributed by atoms with E-state index in [9.17, 15) is 9.90 Å². The van der Waals surface area contributed by atoms with Crippen molar-refractivity contribution in [2.24, 2.45) is 5.41 Å². The lowest BCUT2D eigenvalue weighted by atomic mass is 9.85. The van der Waals surface area contributed by atoms with Crippen LogP contribution in [0, 0.1) is 5.41 Å². The van der Waals surface area contributed by atoms with Crippen molar-refractivity contribution in [1.82, 2.24) is 0 Å². The number of aliphatic hydroxyl groups is 1. The van der Waals surface area contributed by atoms with Crippen LogP contribution in [0.3, 0.4) is 0 Å². The molecule has 1 unspecified atom stereocenters. The third kappa shape index (κ3) is 3.61. The van der Waals surface area contributed by atoms with Gasteiger partial charge in [0.25, 0.3) is 0 Å². The minimum atomic E-state index is -0.993. The maximum absolute atomic E-state index is 11.1. The van der Waals surface area contributed by atoms with E-state index in [4.69, 9.17) is 14.6 Å². The fraction of sp³-hybridized carbons (Fsp3) is 0.500. The molecule has 0 aromatic heterocycles. The summed E-state index contributed by atoms with van der Waals surface area (Å²) >= 11 is 0. The number of methoxy groups -OCH3 is 2. The first-order valence-electron chi connectivity index (χ1n) is 5.95. The zero-order chi connectivity index (χ0) is 14.6. The second-order valence-corrected chi connectivity index (χ2v) is 5.02. The molecular formula is C14H20O5. The smallest absolute Gasteiger partial charge is 0.309 e. The number of rotatable bonds is 6. The summed E-state index contributed by atoms with van der Waals surface area (Å²) in [4.78, 5) is 11.1. The zero-order valence-corrected chi connectivity index (χ0v) is 11.6. The third-order valence-electron chi connectivity index (χ3n) is 3.07. The molecule has 0 bridgehead atoms. The van der Waals surface area contributed by atoms with Crippen molar-refractivity contribution in [2.75, 3.05) is 14.2 Å². The predicted molar refractivity (Wildman–Crippen MR) is 70.5 cm³/mol. The summed E-state index contributed by atoms with van der Waals surface area (Å²) in [6.45, 7) is 3.17. The van der Waals surface area contributed by atoms with Gasteiger partial charge in [-0.2, -0.15) is 0 Å². The number of aliphatic carboxylic acids is 1. The molecule has 0 aliphatic heterocycles. The van der Waals surface area contributed by atoms with Gasteiger partial charge in [0.1, 0.15) is 0 Å². The molecule has 1 rings (SSSR count). The highest BCUT2D eigenvalue weighted by Crippen LogP contribution is 2.34. The minimum absolute atomic E-state index is 0.123. The fourth-order valence-corrected chi connectivity index (χ4v) is 1.75. The molecule has 19 heavy (non-hydrogen) atoms. The van der Waals surface area contributed by atoms with Crippen LogP contribution in [0.4, 0.5) is 0 Å². The van der Waals surface area contributed by atoms with E-state index in [1.807, 2.05) is 0 Å². The number of benzene rings is 1. The number of ether oxygens (including phenoxy) is 2. The summed E-state index contributed by atoms with van der Waals surface area (Å²) in [5.74, 6) is 0.134. The highest BCUT2D eigenvalue weighted by molar-refractivity contribution is 5.73. The average Bonchev–Trinajstić information content (AvgIpc) is 2.37. The Morgan fingerprint density at radius 1 is 1.26 bits per heavy atom. The quantitative estimate of drug-likeness (QED) is 0.827. The summed E-state index contributed by atoms with van der Waals surface area (Å²) in [5, 5.41) is 19.2. The van der Waals surface area contributed by atoms with Gasteiger partial charge in [-0.05, 0) is 38.0 Å². The second-order valence-electron chi connectivity index (χ2n) is 5.02. The molecule has 0 fully saturated rings. The normalized spacial score (nSPS) is 12.9. The van der Waals surface area contributed by atoms with Crippen LogP contribution in [0.15, 0.2) is 18.2 Å². The van der Waals surface area contributed by atoms with Gasteiger partial charge in [0, 0.05) is 0 Å². The standard InChI is InChI=1S/C14H20O5/c1-14(2,13(16)17)8-10(15)9-5-6-11(18-3)12(7-9)19-4/h5-7,10,15H,8H2,1-4H3,(H,16,17). The van der Waals surface area contributed by atoms with Gasteiger partial charge in [-0.15, -0.1) is 0 Å². The van der Waals surface area contributed by atoms with Gasteiger partial charge in [-0.1, -0.05) is 6.07 Å². The van der Waals surface area contributed by atoms with Crippen molar-refractivity contribution in [1.29, 1.82) is 0 Å². The number of carboxylic acid groups (broad SMARTS) is 1. The molecule has 0 aliphatic carbocycles. The van der Waals surface area contributed by atoms with E-state index in [0.29, 0.717) is 17.1 Å². The van der Waals surface area contributed by atoms with Crippen LogP contribution in [0.5, 0.6) is 11.5 Å². The first kappa shape index (κ1) is 15.3.